The number of rotatable bonds is 4. The number of ether oxygens (including phenoxy) is 4. The molecule has 1 heterocycles. The Hall–Kier alpha value is -0.240. The van der Waals surface area contributed by atoms with Crippen LogP contribution in [-0.2, 0) is 18.9 Å². The van der Waals surface area contributed by atoms with Crippen LogP contribution in [0.2, 0.25) is 0 Å². The van der Waals surface area contributed by atoms with E-state index in [4.69, 9.17) is 24.1 Å². The van der Waals surface area contributed by atoms with Gasteiger partial charge in [-0.1, -0.05) is 0 Å². The first-order valence-corrected chi connectivity index (χ1v) is 4.72. The summed E-state index contributed by atoms with van der Waals surface area (Å²) in [5.41, 5.74) is 0. The van der Waals surface area contributed by atoms with Crippen LogP contribution in [0.15, 0.2) is 0 Å². The maximum atomic E-state index is 9.91. The van der Waals surface area contributed by atoms with E-state index in [9.17, 15) is 5.11 Å². The van der Waals surface area contributed by atoms with Crippen LogP contribution in [0.3, 0.4) is 0 Å². The zero-order valence-corrected chi connectivity index (χ0v) is 9.12. The van der Waals surface area contributed by atoms with Crippen LogP contribution in [0.1, 0.15) is 0 Å². The molecule has 0 saturated carbocycles. The van der Waals surface area contributed by atoms with Gasteiger partial charge < -0.3 is 29.2 Å². The highest BCUT2D eigenvalue weighted by Crippen LogP contribution is 2.25. The van der Waals surface area contributed by atoms with E-state index in [2.05, 4.69) is 0 Å². The van der Waals surface area contributed by atoms with Gasteiger partial charge in [-0.05, 0) is 0 Å². The van der Waals surface area contributed by atoms with Crippen molar-refractivity contribution < 1.29 is 29.2 Å². The molecule has 2 N–H and O–H groups in total. The van der Waals surface area contributed by atoms with Gasteiger partial charge in [-0.15, -0.1) is 0 Å². The normalized spacial score (nSPS) is 41.8. The number of hydrogen-bond donors (Lipinski definition) is 2. The Balaban J connectivity index is 2.76. The molecule has 0 aromatic carbocycles. The van der Waals surface area contributed by atoms with E-state index in [0.29, 0.717) is 0 Å². The van der Waals surface area contributed by atoms with Gasteiger partial charge in [0.25, 0.3) is 0 Å². The molecule has 90 valence electrons. The summed E-state index contributed by atoms with van der Waals surface area (Å²) in [5, 5.41) is 19.0. The van der Waals surface area contributed by atoms with Crippen molar-refractivity contribution in [1.82, 2.24) is 0 Å². The third-order valence-corrected chi connectivity index (χ3v) is 2.57. The molecule has 0 aromatic rings. The van der Waals surface area contributed by atoms with E-state index in [1.807, 2.05) is 0 Å². The van der Waals surface area contributed by atoms with Crippen LogP contribution in [0.4, 0.5) is 0 Å². The minimum absolute atomic E-state index is 0.244. The summed E-state index contributed by atoms with van der Waals surface area (Å²) in [5.74, 6) is 0. The molecule has 0 bridgehead atoms. The third-order valence-electron chi connectivity index (χ3n) is 2.57. The molecule has 1 aliphatic rings. The number of methoxy groups -OCH3 is 3. The van der Waals surface area contributed by atoms with Gasteiger partial charge >= 0.3 is 0 Å². The lowest BCUT2D eigenvalue weighted by atomic mass is 9.99. The topological polar surface area (TPSA) is 77.4 Å². The van der Waals surface area contributed by atoms with Crippen LogP contribution in [0.25, 0.3) is 0 Å². The Labute approximate surface area is 88.7 Å². The zero-order chi connectivity index (χ0) is 11.4. The largest absolute Gasteiger partial charge is 0.394 e. The molecular formula is C9H18O6. The summed E-state index contributed by atoms with van der Waals surface area (Å²) < 4.78 is 20.5. The van der Waals surface area contributed by atoms with Crippen LogP contribution in [0.5, 0.6) is 0 Å². The van der Waals surface area contributed by atoms with Crippen LogP contribution < -0.4 is 0 Å². The van der Waals surface area contributed by atoms with Gasteiger partial charge in [0.05, 0.1) is 6.61 Å². The van der Waals surface area contributed by atoms with Gasteiger partial charge in [-0.25, -0.2) is 0 Å². The van der Waals surface area contributed by atoms with E-state index in [1.165, 1.54) is 21.3 Å². The maximum Gasteiger partial charge on any atom is 0.186 e. The molecule has 0 aliphatic carbocycles. The molecule has 6 nitrogen and oxygen atoms in total. The van der Waals surface area contributed by atoms with E-state index >= 15 is 0 Å². The monoisotopic (exact) mass is 222 g/mol. The van der Waals surface area contributed by atoms with Crippen molar-refractivity contribution in [1.29, 1.82) is 0 Å². The molecule has 0 spiro atoms. The van der Waals surface area contributed by atoms with Crippen molar-refractivity contribution in [3.8, 4) is 0 Å². The SMILES string of the molecule is CO[C@H]1O[C@H](CO)[C@@H](OC)[C@H](O)[C@H]1OC. The Morgan fingerprint density at radius 2 is 1.67 bits per heavy atom. The second kappa shape index (κ2) is 5.74. The van der Waals surface area contributed by atoms with Gasteiger partial charge in [0.2, 0.25) is 0 Å². The van der Waals surface area contributed by atoms with E-state index in [-0.39, 0.29) is 6.61 Å². The first-order chi connectivity index (χ1) is 7.19. The molecule has 5 atom stereocenters. The standard InChI is InChI=1S/C9H18O6/c1-12-7-5(4-10)15-9(14-3)8(13-2)6(7)11/h5-11H,4H2,1-3H3/t5-,6+,7-,8-,9+/m1/s1. The third kappa shape index (κ3) is 2.47. The summed E-state index contributed by atoms with van der Waals surface area (Å²) in [4.78, 5) is 0. The molecule has 0 amide bonds. The van der Waals surface area contributed by atoms with Gasteiger partial charge in [-0.3, -0.25) is 0 Å². The van der Waals surface area contributed by atoms with Crippen molar-refractivity contribution in [2.45, 2.75) is 30.7 Å². The number of hydrogen-bond acceptors (Lipinski definition) is 6. The van der Waals surface area contributed by atoms with Crippen molar-refractivity contribution in [3.63, 3.8) is 0 Å². The highest BCUT2D eigenvalue weighted by atomic mass is 16.7. The molecule has 6 heteroatoms. The second-order valence-electron chi connectivity index (χ2n) is 3.35. The van der Waals surface area contributed by atoms with Crippen molar-refractivity contribution in [2.24, 2.45) is 0 Å². The first kappa shape index (κ1) is 12.8. The van der Waals surface area contributed by atoms with Crippen molar-refractivity contribution in [3.05, 3.63) is 0 Å². The first-order valence-electron chi connectivity index (χ1n) is 4.72. The molecule has 1 rings (SSSR count). The maximum absolute atomic E-state index is 9.91. The molecule has 0 unspecified atom stereocenters. The minimum atomic E-state index is -0.893. The van der Waals surface area contributed by atoms with Crippen LogP contribution in [-0.4, -0.2) is 68.9 Å². The van der Waals surface area contributed by atoms with Crippen molar-refractivity contribution in [2.75, 3.05) is 27.9 Å². The highest BCUT2D eigenvalue weighted by Gasteiger charge is 2.45. The minimum Gasteiger partial charge on any atom is -0.394 e. The molecule has 0 aromatic heterocycles. The summed E-state index contributed by atoms with van der Waals surface area (Å²) in [6, 6.07) is 0. The van der Waals surface area contributed by atoms with E-state index in [0.717, 1.165) is 0 Å². The average molecular weight is 222 g/mol. The lowest BCUT2D eigenvalue weighted by Gasteiger charge is -2.42. The predicted molar refractivity (Wildman–Crippen MR) is 50.4 cm³/mol. The van der Waals surface area contributed by atoms with Gasteiger partial charge in [0, 0.05) is 21.3 Å². The van der Waals surface area contributed by atoms with Gasteiger partial charge in [0.1, 0.15) is 24.4 Å². The fraction of sp³-hybridized carbons (Fsp3) is 1.00. The fourth-order valence-electron chi connectivity index (χ4n) is 1.77. The Morgan fingerprint density at radius 3 is 2.07 bits per heavy atom. The van der Waals surface area contributed by atoms with Crippen LogP contribution in [0, 0.1) is 0 Å². The highest BCUT2D eigenvalue weighted by molar-refractivity contribution is 4.90. The second-order valence-corrected chi connectivity index (χ2v) is 3.35. The van der Waals surface area contributed by atoms with E-state index in [1.54, 1.807) is 0 Å². The lowest BCUT2D eigenvalue weighted by Crippen LogP contribution is -2.60. The summed E-state index contributed by atoms with van der Waals surface area (Å²) >= 11 is 0. The smallest absolute Gasteiger partial charge is 0.186 e. The Kier molecular flexibility index (Phi) is 4.91. The molecule has 1 aliphatic heterocycles. The molecular weight excluding hydrogens is 204 g/mol. The van der Waals surface area contributed by atoms with Crippen molar-refractivity contribution >= 4 is 0 Å². The number of aliphatic hydroxyl groups excluding tert-OH is 2. The average Bonchev–Trinajstić information content (AvgIpc) is 2.27. The quantitative estimate of drug-likeness (QED) is 0.618. The lowest BCUT2D eigenvalue weighted by molar-refractivity contribution is -0.302. The molecule has 1 fully saturated rings. The summed E-state index contributed by atoms with van der Waals surface area (Å²) in [6.45, 7) is -0.244. The summed E-state index contributed by atoms with van der Waals surface area (Å²) in [6.07, 6.45) is -3.44. The zero-order valence-electron chi connectivity index (χ0n) is 9.12. The van der Waals surface area contributed by atoms with Gasteiger partial charge in [-0.2, -0.15) is 0 Å². The molecule has 0 radical (unpaired) electrons. The van der Waals surface area contributed by atoms with Crippen LogP contribution >= 0.6 is 0 Å². The molecule has 15 heavy (non-hydrogen) atoms. The number of aliphatic hydroxyl groups is 2. The summed E-state index contributed by atoms with van der Waals surface area (Å²) in [7, 11) is 4.35. The van der Waals surface area contributed by atoms with E-state index < -0.39 is 30.7 Å². The predicted octanol–water partition coefficient (Wildman–Crippen LogP) is -1.26. The van der Waals surface area contributed by atoms with Gasteiger partial charge in [0.15, 0.2) is 6.29 Å². The Bertz CT molecular complexity index is 169. The Morgan fingerprint density at radius 1 is 1.07 bits per heavy atom. The fourth-order valence-corrected chi connectivity index (χ4v) is 1.77. The molecule has 1 saturated heterocycles.